The fourth-order valence-corrected chi connectivity index (χ4v) is 4.33. The van der Waals surface area contributed by atoms with Crippen molar-refractivity contribution in [2.75, 3.05) is 16.2 Å². The Morgan fingerprint density at radius 2 is 1.54 bits per heavy atom. The van der Waals surface area contributed by atoms with Gasteiger partial charge in [-0.3, -0.25) is 9.10 Å². The molecule has 8 heteroatoms. The molecule has 0 saturated carbocycles. The highest BCUT2D eigenvalue weighted by atomic mass is 127. The Morgan fingerprint density at radius 3 is 2.18 bits per heavy atom. The highest BCUT2D eigenvalue weighted by Gasteiger charge is 2.27. The first-order valence-electron chi connectivity index (χ1n) is 8.25. The van der Waals surface area contributed by atoms with Crippen LogP contribution in [0.15, 0.2) is 83.8 Å². The molecule has 0 spiro atoms. The van der Waals surface area contributed by atoms with Crippen LogP contribution in [0.2, 0.25) is 0 Å². The van der Waals surface area contributed by atoms with Crippen LogP contribution in [0.3, 0.4) is 0 Å². The fraction of sp³-hybridized carbons (Fsp3) is 0.0500. The SMILES string of the molecule is O=C(CN(c1ccc(I)cc1)S(=O)(=O)c1ccccc1)Nc1ccccc1F. The minimum Gasteiger partial charge on any atom is -0.322 e. The van der Waals surface area contributed by atoms with E-state index in [1.165, 1.54) is 30.3 Å². The quantitative estimate of drug-likeness (QED) is 0.504. The number of carbonyl (C=O) groups excluding carboxylic acids is 1. The fourth-order valence-electron chi connectivity index (χ4n) is 2.52. The number of halogens is 2. The third kappa shape index (κ3) is 4.68. The van der Waals surface area contributed by atoms with Crippen LogP contribution in [0.25, 0.3) is 0 Å². The lowest BCUT2D eigenvalue weighted by Gasteiger charge is -2.24. The molecule has 0 aliphatic carbocycles. The topological polar surface area (TPSA) is 66.5 Å². The minimum absolute atomic E-state index is 0.00725. The first-order valence-corrected chi connectivity index (χ1v) is 10.8. The summed E-state index contributed by atoms with van der Waals surface area (Å²) in [5, 5.41) is 2.42. The molecule has 0 radical (unpaired) electrons. The zero-order valence-electron chi connectivity index (χ0n) is 14.5. The van der Waals surface area contributed by atoms with Gasteiger partial charge in [-0.1, -0.05) is 30.3 Å². The van der Waals surface area contributed by atoms with Gasteiger partial charge in [-0.2, -0.15) is 0 Å². The van der Waals surface area contributed by atoms with Gasteiger partial charge in [0, 0.05) is 3.57 Å². The summed E-state index contributed by atoms with van der Waals surface area (Å²) in [7, 11) is -3.99. The number of carbonyl (C=O) groups is 1. The van der Waals surface area contributed by atoms with Gasteiger partial charge < -0.3 is 5.32 Å². The molecule has 3 aromatic carbocycles. The number of rotatable bonds is 6. The number of sulfonamides is 1. The molecule has 0 fully saturated rings. The molecule has 0 aliphatic heterocycles. The van der Waals surface area contributed by atoms with E-state index in [1.54, 1.807) is 48.5 Å². The van der Waals surface area contributed by atoms with E-state index in [0.717, 1.165) is 7.88 Å². The van der Waals surface area contributed by atoms with Crippen molar-refractivity contribution in [3.8, 4) is 0 Å². The van der Waals surface area contributed by atoms with Crippen LogP contribution in [-0.4, -0.2) is 20.9 Å². The maximum atomic E-state index is 13.8. The summed E-state index contributed by atoms with van der Waals surface area (Å²) in [5.74, 6) is -1.24. The highest BCUT2D eigenvalue weighted by molar-refractivity contribution is 14.1. The Kier molecular flexibility index (Phi) is 6.30. The Balaban J connectivity index is 1.94. The molecule has 1 amide bonds. The normalized spacial score (nSPS) is 11.1. The maximum Gasteiger partial charge on any atom is 0.264 e. The first kappa shape index (κ1) is 20.3. The molecule has 3 aromatic rings. The number of anilines is 2. The second-order valence-electron chi connectivity index (χ2n) is 5.83. The number of nitrogens with zero attached hydrogens (tertiary/aromatic N) is 1. The van der Waals surface area contributed by atoms with Gasteiger partial charge in [0.2, 0.25) is 5.91 Å². The van der Waals surface area contributed by atoms with Crippen LogP contribution >= 0.6 is 22.6 Å². The molecule has 0 saturated heterocycles. The van der Waals surface area contributed by atoms with E-state index in [0.29, 0.717) is 5.69 Å². The molecular formula is C20H16FIN2O3S. The van der Waals surface area contributed by atoms with Crippen LogP contribution in [0.4, 0.5) is 15.8 Å². The molecule has 28 heavy (non-hydrogen) atoms. The summed E-state index contributed by atoms with van der Waals surface area (Å²) in [6, 6.07) is 20.3. The number of amides is 1. The molecule has 1 N–H and O–H groups in total. The van der Waals surface area contributed by atoms with Gasteiger partial charge in [0.05, 0.1) is 16.3 Å². The number of para-hydroxylation sites is 1. The monoisotopic (exact) mass is 510 g/mol. The Hall–Kier alpha value is -2.46. The Labute approximate surface area is 176 Å². The number of hydrogen-bond acceptors (Lipinski definition) is 3. The van der Waals surface area contributed by atoms with E-state index in [1.807, 2.05) is 0 Å². The smallest absolute Gasteiger partial charge is 0.264 e. The van der Waals surface area contributed by atoms with Gasteiger partial charge in [-0.05, 0) is 71.1 Å². The predicted octanol–water partition coefficient (Wildman–Crippen LogP) is 4.26. The van der Waals surface area contributed by atoms with Crippen molar-refractivity contribution in [1.29, 1.82) is 0 Å². The van der Waals surface area contributed by atoms with Gasteiger partial charge in [0.1, 0.15) is 12.4 Å². The van der Waals surface area contributed by atoms with Crippen LogP contribution in [0.1, 0.15) is 0 Å². The van der Waals surface area contributed by atoms with Crippen LogP contribution in [0.5, 0.6) is 0 Å². The van der Waals surface area contributed by atoms with Gasteiger partial charge in [0.25, 0.3) is 10.0 Å². The molecule has 0 aromatic heterocycles. The van der Waals surface area contributed by atoms with E-state index >= 15 is 0 Å². The Morgan fingerprint density at radius 1 is 0.929 bits per heavy atom. The Bertz CT molecular complexity index is 1070. The van der Waals surface area contributed by atoms with Crippen LogP contribution in [-0.2, 0) is 14.8 Å². The van der Waals surface area contributed by atoms with Gasteiger partial charge in [0.15, 0.2) is 0 Å². The molecule has 0 unspecified atom stereocenters. The number of benzene rings is 3. The second-order valence-corrected chi connectivity index (χ2v) is 8.94. The lowest BCUT2D eigenvalue weighted by atomic mass is 10.3. The van der Waals surface area contributed by atoms with E-state index in [9.17, 15) is 17.6 Å². The summed E-state index contributed by atoms with van der Waals surface area (Å²) in [4.78, 5) is 12.6. The summed E-state index contributed by atoms with van der Waals surface area (Å²) in [6.07, 6.45) is 0. The lowest BCUT2D eigenvalue weighted by molar-refractivity contribution is -0.114. The molecule has 144 valence electrons. The third-order valence-corrected chi connectivity index (χ3v) is 6.39. The number of nitrogens with one attached hydrogen (secondary N) is 1. The van der Waals surface area contributed by atoms with E-state index in [4.69, 9.17) is 0 Å². The average molecular weight is 510 g/mol. The summed E-state index contributed by atoms with van der Waals surface area (Å²) in [5.41, 5.74) is 0.333. The molecule has 0 aliphatic rings. The van der Waals surface area contributed by atoms with Gasteiger partial charge in [-0.15, -0.1) is 0 Å². The van der Waals surface area contributed by atoms with Crippen molar-refractivity contribution < 1.29 is 17.6 Å². The molecule has 5 nitrogen and oxygen atoms in total. The van der Waals surface area contributed by atoms with Crippen LogP contribution < -0.4 is 9.62 Å². The zero-order valence-corrected chi connectivity index (χ0v) is 17.5. The minimum atomic E-state index is -3.99. The van der Waals surface area contributed by atoms with Crippen molar-refractivity contribution in [3.63, 3.8) is 0 Å². The summed E-state index contributed by atoms with van der Waals surface area (Å²) >= 11 is 2.11. The maximum absolute atomic E-state index is 13.8. The van der Waals surface area contributed by atoms with Crippen molar-refractivity contribution in [3.05, 3.63) is 88.3 Å². The standard InChI is InChI=1S/C20H16FIN2O3S/c21-18-8-4-5-9-19(18)23-20(25)14-24(16-12-10-15(22)11-13-16)28(26,27)17-6-2-1-3-7-17/h1-13H,14H2,(H,23,25). The van der Waals surface area contributed by atoms with Crippen molar-refractivity contribution in [1.82, 2.24) is 0 Å². The van der Waals surface area contributed by atoms with E-state index in [2.05, 4.69) is 27.9 Å². The number of hydrogen-bond donors (Lipinski definition) is 1. The molecular weight excluding hydrogens is 494 g/mol. The second kappa shape index (κ2) is 8.70. The summed E-state index contributed by atoms with van der Waals surface area (Å²) < 4.78 is 42.0. The van der Waals surface area contributed by atoms with Crippen LogP contribution in [0, 0.1) is 9.39 Å². The highest BCUT2D eigenvalue weighted by Crippen LogP contribution is 2.24. The lowest BCUT2D eigenvalue weighted by Crippen LogP contribution is -2.38. The average Bonchev–Trinajstić information content (AvgIpc) is 2.69. The molecule has 0 bridgehead atoms. The first-order chi connectivity index (χ1) is 13.4. The molecule has 0 atom stereocenters. The van der Waals surface area contributed by atoms with Gasteiger partial charge in [-0.25, -0.2) is 12.8 Å². The zero-order chi connectivity index (χ0) is 20.1. The summed E-state index contributed by atoms with van der Waals surface area (Å²) in [6.45, 7) is -0.494. The molecule has 3 rings (SSSR count). The van der Waals surface area contributed by atoms with E-state index < -0.39 is 28.3 Å². The van der Waals surface area contributed by atoms with Crippen molar-refractivity contribution >= 4 is 49.9 Å². The third-order valence-electron chi connectivity index (χ3n) is 3.88. The van der Waals surface area contributed by atoms with Gasteiger partial charge >= 0.3 is 0 Å². The van der Waals surface area contributed by atoms with Crippen molar-refractivity contribution in [2.24, 2.45) is 0 Å². The molecule has 0 heterocycles. The van der Waals surface area contributed by atoms with E-state index in [-0.39, 0.29) is 10.6 Å². The largest absolute Gasteiger partial charge is 0.322 e. The van der Waals surface area contributed by atoms with Crippen molar-refractivity contribution in [2.45, 2.75) is 4.90 Å². The predicted molar refractivity (Wildman–Crippen MR) is 115 cm³/mol.